The lowest BCUT2D eigenvalue weighted by molar-refractivity contribution is 1.29. The van der Waals surface area contributed by atoms with Gasteiger partial charge < -0.3 is 0 Å². The van der Waals surface area contributed by atoms with Crippen molar-refractivity contribution in [2.24, 2.45) is 0 Å². The normalized spacial score (nSPS) is 11.2. The summed E-state index contributed by atoms with van der Waals surface area (Å²) >= 11 is 1.66. The first kappa shape index (κ1) is 10.6. The first-order valence-electron chi connectivity index (χ1n) is 5.94. The van der Waals surface area contributed by atoms with Crippen LogP contribution in [-0.2, 0) is 0 Å². The Kier molecular flexibility index (Phi) is 2.28. The van der Waals surface area contributed by atoms with Gasteiger partial charge in [-0.2, -0.15) is 0 Å². The molecule has 0 saturated carbocycles. The average molecular weight is 263 g/mol. The Labute approximate surface area is 113 Å². The number of fused-ring (bicyclic) bond motifs is 2. The average Bonchev–Trinajstić information content (AvgIpc) is 2.94. The van der Waals surface area contributed by atoms with E-state index in [0.29, 0.717) is 0 Å². The van der Waals surface area contributed by atoms with Crippen LogP contribution in [0, 0.1) is 0 Å². The zero-order valence-electron chi connectivity index (χ0n) is 9.95. The minimum atomic E-state index is 0.915. The van der Waals surface area contributed by atoms with Gasteiger partial charge in [0.25, 0.3) is 0 Å². The molecule has 0 aliphatic rings. The number of rotatable bonds is 1. The van der Waals surface area contributed by atoms with Gasteiger partial charge in [-0.3, -0.25) is 9.97 Å². The molecule has 4 aromatic rings. The highest BCUT2D eigenvalue weighted by molar-refractivity contribution is 7.16. The first-order chi connectivity index (χ1) is 9.40. The Hall–Kier alpha value is -2.33. The molecular formula is C15H9N3S. The highest BCUT2D eigenvalue weighted by atomic mass is 32.1. The fourth-order valence-electron chi connectivity index (χ4n) is 2.18. The molecule has 90 valence electrons. The van der Waals surface area contributed by atoms with Crippen molar-refractivity contribution in [1.82, 2.24) is 15.0 Å². The second-order valence-electron chi connectivity index (χ2n) is 4.29. The summed E-state index contributed by atoms with van der Waals surface area (Å²) in [7, 11) is 0. The summed E-state index contributed by atoms with van der Waals surface area (Å²) in [5, 5.41) is 0. The maximum atomic E-state index is 4.36. The first-order valence-corrected chi connectivity index (χ1v) is 6.82. The molecule has 2 heterocycles. The van der Waals surface area contributed by atoms with E-state index in [1.165, 1.54) is 4.70 Å². The smallest absolute Gasteiger partial charge is 0.0892 e. The molecule has 0 aliphatic heterocycles. The van der Waals surface area contributed by atoms with Gasteiger partial charge in [0.05, 0.1) is 26.8 Å². The van der Waals surface area contributed by atoms with E-state index >= 15 is 0 Å². The van der Waals surface area contributed by atoms with Crippen molar-refractivity contribution in [2.75, 3.05) is 0 Å². The second-order valence-corrected chi connectivity index (χ2v) is 5.18. The van der Waals surface area contributed by atoms with Crippen LogP contribution < -0.4 is 0 Å². The molecule has 0 aliphatic carbocycles. The molecule has 0 N–H and O–H groups in total. The van der Waals surface area contributed by atoms with Crippen LogP contribution in [0.1, 0.15) is 0 Å². The van der Waals surface area contributed by atoms with E-state index in [9.17, 15) is 0 Å². The molecule has 19 heavy (non-hydrogen) atoms. The van der Waals surface area contributed by atoms with Gasteiger partial charge in [-0.1, -0.05) is 12.1 Å². The van der Waals surface area contributed by atoms with Gasteiger partial charge in [0.15, 0.2) is 0 Å². The second kappa shape index (κ2) is 4.10. The van der Waals surface area contributed by atoms with Crippen LogP contribution in [-0.4, -0.2) is 15.0 Å². The quantitative estimate of drug-likeness (QED) is 0.522. The standard InChI is InChI=1S/C15H9N3S/c1-3-12-13(17-6-5-16-12)7-10(1)11-2-4-15-14(8-11)18-9-19-15/h1-9H. The van der Waals surface area contributed by atoms with Gasteiger partial charge >= 0.3 is 0 Å². The van der Waals surface area contributed by atoms with Gasteiger partial charge in [0, 0.05) is 12.4 Å². The third kappa shape index (κ3) is 1.77. The molecule has 0 saturated heterocycles. The number of aromatic nitrogens is 3. The number of hydrogen-bond acceptors (Lipinski definition) is 4. The molecule has 0 unspecified atom stereocenters. The maximum Gasteiger partial charge on any atom is 0.0892 e. The third-order valence-corrected chi connectivity index (χ3v) is 3.94. The molecule has 0 amide bonds. The molecule has 4 rings (SSSR count). The third-order valence-electron chi connectivity index (χ3n) is 3.13. The van der Waals surface area contributed by atoms with Gasteiger partial charge in [-0.15, -0.1) is 11.3 Å². The van der Waals surface area contributed by atoms with Crippen molar-refractivity contribution < 1.29 is 0 Å². The monoisotopic (exact) mass is 263 g/mol. The van der Waals surface area contributed by atoms with E-state index in [0.717, 1.165) is 27.7 Å². The SMILES string of the molecule is c1cnc2cc(-c3ccc4scnc4c3)ccc2n1. The molecule has 0 bridgehead atoms. The summed E-state index contributed by atoms with van der Waals surface area (Å²) in [6.45, 7) is 0. The van der Waals surface area contributed by atoms with Crippen LogP contribution in [0.5, 0.6) is 0 Å². The Morgan fingerprint density at radius 1 is 0.684 bits per heavy atom. The highest BCUT2D eigenvalue weighted by Crippen LogP contribution is 2.27. The van der Waals surface area contributed by atoms with Crippen molar-refractivity contribution >= 4 is 32.6 Å². The summed E-state index contributed by atoms with van der Waals surface area (Å²) in [6.07, 6.45) is 3.43. The van der Waals surface area contributed by atoms with Crippen LogP contribution >= 0.6 is 11.3 Å². The predicted molar refractivity (Wildman–Crippen MR) is 78.2 cm³/mol. The highest BCUT2D eigenvalue weighted by Gasteiger charge is 2.03. The van der Waals surface area contributed by atoms with Crippen LogP contribution in [0.25, 0.3) is 32.4 Å². The molecule has 0 atom stereocenters. The van der Waals surface area contributed by atoms with Crippen LogP contribution in [0.2, 0.25) is 0 Å². The van der Waals surface area contributed by atoms with E-state index < -0.39 is 0 Å². The van der Waals surface area contributed by atoms with Gasteiger partial charge in [-0.25, -0.2) is 4.98 Å². The molecule has 0 fully saturated rings. The molecule has 0 radical (unpaired) electrons. The Morgan fingerprint density at radius 2 is 1.42 bits per heavy atom. The number of thiazole rings is 1. The minimum Gasteiger partial charge on any atom is -0.253 e. The number of benzene rings is 2. The fourth-order valence-corrected chi connectivity index (χ4v) is 2.84. The number of hydrogen-bond donors (Lipinski definition) is 0. The van der Waals surface area contributed by atoms with Gasteiger partial charge in [0.2, 0.25) is 0 Å². The largest absolute Gasteiger partial charge is 0.253 e. The zero-order valence-corrected chi connectivity index (χ0v) is 10.8. The molecule has 0 spiro atoms. The van der Waals surface area contributed by atoms with Crippen molar-refractivity contribution in [3.8, 4) is 11.1 Å². The summed E-state index contributed by atoms with van der Waals surface area (Å²) in [5.41, 5.74) is 7.05. The summed E-state index contributed by atoms with van der Waals surface area (Å²) in [6, 6.07) is 12.5. The lowest BCUT2D eigenvalue weighted by Crippen LogP contribution is -1.84. The molecule has 3 nitrogen and oxygen atoms in total. The lowest BCUT2D eigenvalue weighted by atomic mass is 10.0. The van der Waals surface area contributed by atoms with Crippen molar-refractivity contribution in [2.45, 2.75) is 0 Å². The van der Waals surface area contributed by atoms with E-state index in [2.05, 4.69) is 45.3 Å². The van der Waals surface area contributed by atoms with E-state index in [1.807, 2.05) is 11.6 Å². The van der Waals surface area contributed by atoms with Crippen molar-refractivity contribution in [3.05, 3.63) is 54.3 Å². The van der Waals surface area contributed by atoms with Gasteiger partial charge in [-0.05, 0) is 35.4 Å². The Morgan fingerprint density at radius 3 is 2.32 bits per heavy atom. The number of nitrogens with zero attached hydrogens (tertiary/aromatic N) is 3. The van der Waals surface area contributed by atoms with Crippen molar-refractivity contribution in [1.29, 1.82) is 0 Å². The predicted octanol–water partition coefficient (Wildman–Crippen LogP) is 3.91. The topological polar surface area (TPSA) is 38.7 Å². The summed E-state index contributed by atoms with van der Waals surface area (Å²) in [4.78, 5) is 13.0. The summed E-state index contributed by atoms with van der Waals surface area (Å²) < 4.78 is 1.21. The van der Waals surface area contributed by atoms with E-state index in [4.69, 9.17) is 0 Å². The fraction of sp³-hybridized carbons (Fsp3) is 0. The van der Waals surface area contributed by atoms with Crippen LogP contribution in [0.4, 0.5) is 0 Å². The molecule has 4 heteroatoms. The van der Waals surface area contributed by atoms with Gasteiger partial charge in [0.1, 0.15) is 0 Å². The molecule has 2 aromatic heterocycles. The maximum absolute atomic E-state index is 4.36. The molecule has 2 aromatic carbocycles. The summed E-state index contributed by atoms with van der Waals surface area (Å²) in [5.74, 6) is 0. The Bertz CT molecular complexity index is 882. The van der Waals surface area contributed by atoms with E-state index in [1.54, 1.807) is 23.7 Å². The van der Waals surface area contributed by atoms with Crippen LogP contribution in [0.15, 0.2) is 54.3 Å². The Balaban J connectivity index is 1.92. The van der Waals surface area contributed by atoms with Crippen LogP contribution in [0.3, 0.4) is 0 Å². The minimum absolute atomic E-state index is 0.915. The lowest BCUT2D eigenvalue weighted by Gasteiger charge is -2.03. The van der Waals surface area contributed by atoms with E-state index in [-0.39, 0.29) is 0 Å². The molecular weight excluding hydrogens is 254 g/mol. The van der Waals surface area contributed by atoms with Crippen molar-refractivity contribution in [3.63, 3.8) is 0 Å². The zero-order chi connectivity index (χ0) is 12.7.